The Hall–Kier alpha value is -0.780. The van der Waals surface area contributed by atoms with Crippen LogP contribution in [0.1, 0.15) is 59.8 Å². The molecular formula is C16H27. The third-order valence-electron chi connectivity index (χ3n) is 2.86. The van der Waals surface area contributed by atoms with Crippen molar-refractivity contribution in [3.8, 4) is 0 Å². The minimum Gasteiger partial charge on any atom is -0.0859 e. The molecular weight excluding hydrogens is 192 g/mol. The van der Waals surface area contributed by atoms with Crippen LogP contribution in [0.25, 0.3) is 0 Å². The van der Waals surface area contributed by atoms with E-state index in [2.05, 4.69) is 33.8 Å². The van der Waals surface area contributed by atoms with E-state index in [0.717, 1.165) is 5.92 Å². The molecule has 1 atom stereocenters. The van der Waals surface area contributed by atoms with Crippen LogP contribution in [-0.2, 0) is 0 Å². The first-order valence-corrected chi connectivity index (χ1v) is 6.40. The lowest BCUT2D eigenvalue weighted by Crippen LogP contribution is -1.94. The zero-order valence-corrected chi connectivity index (χ0v) is 11.4. The van der Waals surface area contributed by atoms with Crippen LogP contribution in [0.15, 0.2) is 29.4 Å². The van der Waals surface area contributed by atoms with Gasteiger partial charge in [-0.05, 0) is 52.4 Å². The lowest BCUT2D eigenvalue weighted by molar-refractivity contribution is 0.478. The van der Waals surface area contributed by atoms with Crippen LogP contribution < -0.4 is 0 Å². The maximum absolute atomic E-state index is 5.35. The van der Waals surface area contributed by atoms with Crippen LogP contribution in [0, 0.1) is 12.5 Å². The molecule has 0 amide bonds. The Morgan fingerprint density at radius 3 is 2.44 bits per heavy atom. The Labute approximate surface area is 102 Å². The predicted octanol–water partition coefficient (Wildman–Crippen LogP) is 5.47. The number of hydrogen-bond donors (Lipinski definition) is 0. The van der Waals surface area contributed by atoms with Gasteiger partial charge in [0.1, 0.15) is 0 Å². The van der Waals surface area contributed by atoms with Crippen LogP contribution in [0.4, 0.5) is 0 Å². The number of hydrogen-bond acceptors (Lipinski definition) is 0. The van der Waals surface area contributed by atoms with Crippen molar-refractivity contribution in [2.75, 3.05) is 0 Å². The predicted molar refractivity (Wildman–Crippen MR) is 74.3 cm³/mol. The molecule has 0 heteroatoms. The van der Waals surface area contributed by atoms with Crippen molar-refractivity contribution >= 4 is 0 Å². The molecule has 1 unspecified atom stereocenters. The highest BCUT2D eigenvalue weighted by Gasteiger charge is 2.01. The molecule has 0 bridgehead atoms. The second-order valence-corrected chi connectivity index (χ2v) is 5.06. The molecule has 0 rings (SSSR count). The topological polar surface area (TPSA) is 0 Å². The van der Waals surface area contributed by atoms with Crippen molar-refractivity contribution in [3.05, 3.63) is 36.0 Å². The molecule has 0 aromatic rings. The summed E-state index contributed by atoms with van der Waals surface area (Å²) < 4.78 is 0. The molecule has 0 fully saturated rings. The summed E-state index contributed by atoms with van der Waals surface area (Å²) in [7, 11) is 0. The zero-order valence-electron chi connectivity index (χ0n) is 11.4. The first-order valence-electron chi connectivity index (χ1n) is 6.40. The Bertz CT molecular complexity index is 239. The fraction of sp³-hybridized carbons (Fsp3) is 0.625. The second kappa shape index (κ2) is 9.45. The Balaban J connectivity index is 3.58. The average molecular weight is 219 g/mol. The summed E-state index contributed by atoms with van der Waals surface area (Å²) in [6.45, 7) is 14.2. The molecule has 0 heterocycles. The van der Waals surface area contributed by atoms with Crippen LogP contribution in [0.5, 0.6) is 0 Å². The van der Waals surface area contributed by atoms with Gasteiger partial charge in [0.05, 0.1) is 0 Å². The van der Waals surface area contributed by atoms with Crippen LogP contribution >= 0.6 is 0 Å². The average Bonchev–Trinajstić information content (AvgIpc) is 2.17. The van der Waals surface area contributed by atoms with Gasteiger partial charge in [-0.15, -0.1) is 0 Å². The molecule has 0 aliphatic rings. The van der Waals surface area contributed by atoms with Crippen LogP contribution in [0.2, 0.25) is 0 Å². The quantitative estimate of drug-likeness (QED) is 0.375. The summed E-state index contributed by atoms with van der Waals surface area (Å²) >= 11 is 0. The molecule has 0 saturated carbocycles. The van der Waals surface area contributed by atoms with E-state index in [1.807, 2.05) is 6.08 Å². The van der Waals surface area contributed by atoms with Crippen molar-refractivity contribution in [1.29, 1.82) is 0 Å². The fourth-order valence-electron chi connectivity index (χ4n) is 1.78. The number of allylic oxidation sites excluding steroid dienone is 5. The molecule has 0 aliphatic carbocycles. The van der Waals surface area contributed by atoms with Gasteiger partial charge in [0.25, 0.3) is 0 Å². The van der Waals surface area contributed by atoms with Crippen LogP contribution in [-0.4, -0.2) is 0 Å². The molecule has 0 spiro atoms. The van der Waals surface area contributed by atoms with Crippen molar-refractivity contribution in [2.24, 2.45) is 5.92 Å². The van der Waals surface area contributed by atoms with Gasteiger partial charge in [-0.3, -0.25) is 0 Å². The van der Waals surface area contributed by atoms with Crippen molar-refractivity contribution in [2.45, 2.75) is 59.8 Å². The lowest BCUT2D eigenvalue weighted by atomic mass is 9.97. The van der Waals surface area contributed by atoms with Gasteiger partial charge in [0.15, 0.2) is 0 Å². The smallest absolute Gasteiger partial charge is 0.0320 e. The maximum atomic E-state index is 5.35. The Morgan fingerprint density at radius 1 is 1.19 bits per heavy atom. The van der Waals surface area contributed by atoms with Gasteiger partial charge in [0, 0.05) is 0 Å². The van der Waals surface area contributed by atoms with E-state index in [-0.39, 0.29) is 0 Å². The maximum Gasteiger partial charge on any atom is -0.0320 e. The van der Waals surface area contributed by atoms with E-state index >= 15 is 0 Å². The molecule has 0 N–H and O–H groups in total. The van der Waals surface area contributed by atoms with E-state index < -0.39 is 0 Å². The molecule has 0 aromatic heterocycles. The summed E-state index contributed by atoms with van der Waals surface area (Å²) in [5.74, 6) is 0.838. The summed E-state index contributed by atoms with van der Waals surface area (Å²) in [6, 6.07) is 0. The number of rotatable bonds is 8. The molecule has 0 aliphatic heterocycles. The van der Waals surface area contributed by atoms with Gasteiger partial charge in [-0.25, -0.2) is 0 Å². The third-order valence-corrected chi connectivity index (χ3v) is 2.86. The minimum absolute atomic E-state index is 0.838. The SMILES string of the molecule is [CH]=C/C=C(\C)CCCC(C)CCC=C(C)C. The molecule has 0 nitrogen and oxygen atoms in total. The van der Waals surface area contributed by atoms with Crippen LogP contribution in [0.3, 0.4) is 0 Å². The van der Waals surface area contributed by atoms with Gasteiger partial charge < -0.3 is 0 Å². The van der Waals surface area contributed by atoms with E-state index in [1.54, 1.807) is 6.08 Å². The van der Waals surface area contributed by atoms with Crippen molar-refractivity contribution in [1.82, 2.24) is 0 Å². The lowest BCUT2D eigenvalue weighted by Gasteiger charge is -2.09. The molecule has 91 valence electrons. The van der Waals surface area contributed by atoms with Gasteiger partial charge in [0.2, 0.25) is 0 Å². The monoisotopic (exact) mass is 219 g/mol. The summed E-state index contributed by atoms with van der Waals surface area (Å²) in [5, 5.41) is 0. The molecule has 0 aromatic carbocycles. The first kappa shape index (κ1) is 15.2. The highest BCUT2D eigenvalue weighted by Crippen LogP contribution is 2.17. The normalized spacial score (nSPS) is 13.4. The highest BCUT2D eigenvalue weighted by molar-refractivity contribution is 5.06. The van der Waals surface area contributed by atoms with Gasteiger partial charge in [-0.1, -0.05) is 49.3 Å². The zero-order chi connectivity index (χ0) is 12.4. The van der Waals surface area contributed by atoms with E-state index in [1.165, 1.54) is 43.3 Å². The summed E-state index contributed by atoms with van der Waals surface area (Å²) in [4.78, 5) is 0. The van der Waals surface area contributed by atoms with E-state index in [4.69, 9.17) is 6.58 Å². The van der Waals surface area contributed by atoms with E-state index in [0.29, 0.717) is 0 Å². The standard InChI is InChI=1S/C16H27/c1-6-9-15(4)12-8-13-16(5)11-7-10-14(2)3/h1,6,9-10,16H,7-8,11-13H2,2-5H3/b6-1?,15-9+. The third kappa shape index (κ3) is 9.76. The van der Waals surface area contributed by atoms with E-state index in [9.17, 15) is 0 Å². The first-order chi connectivity index (χ1) is 7.56. The van der Waals surface area contributed by atoms with Gasteiger partial charge in [-0.2, -0.15) is 0 Å². The summed E-state index contributed by atoms with van der Waals surface area (Å²) in [5.41, 5.74) is 2.82. The highest BCUT2D eigenvalue weighted by atomic mass is 14.1. The van der Waals surface area contributed by atoms with Crippen molar-refractivity contribution < 1.29 is 0 Å². The fourth-order valence-corrected chi connectivity index (χ4v) is 1.78. The van der Waals surface area contributed by atoms with Gasteiger partial charge >= 0.3 is 0 Å². The minimum atomic E-state index is 0.838. The molecule has 16 heavy (non-hydrogen) atoms. The largest absolute Gasteiger partial charge is 0.0859 e. The summed E-state index contributed by atoms with van der Waals surface area (Å²) in [6.07, 6.45) is 12.3. The molecule has 0 saturated heterocycles. The molecule has 1 radical (unpaired) electrons. The Kier molecular flexibility index (Phi) is 8.99. The second-order valence-electron chi connectivity index (χ2n) is 5.06. The Morgan fingerprint density at radius 2 is 1.88 bits per heavy atom. The van der Waals surface area contributed by atoms with Crippen molar-refractivity contribution in [3.63, 3.8) is 0 Å².